The Morgan fingerprint density at radius 3 is 2.21 bits per heavy atom. The van der Waals surface area contributed by atoms with Gasteiger partial charge in [0, 0.05) is 14.6 Å². The van der Waals surface area contributed by atoms with Crippen molar-refractivity contribution >= 4 is 43.5 Å². The number of nitrogens with one attached hydrogen (secondary N) is 1. The second-order valence-corrected chi connectivity index (χ2v) is 6.12. The van der Waals surface area contributed by atoms with E-state index in [1.165, 1.54) is 0 Å². The molecule has 0 radical (unpaired) electrons. The lowest BCUT2D eigenvalue weighted by atomic mass is 10.1. The van der Waals surface area contributed by atoms with E-state index >= 15 is 0 Å². The molecule has 0 aromatic heterocycles. The molecule has 0 unspecified atom stereocenters. The monoisotopic (exact) mass is 381 g/mol. The van der Waals surface area contributed by atoms with E-state index in [0.29, 0.717) is 5.56 Å². The first kappa shape index (κ1) is 14.3. The van der Waals surface area contributed by atoms with Crippen LogP contribution in [0.25, 0.3) is 0 Å². The van der Waals surface area contributed by atoms with Gasteiger partial charge >= 0.3 is 0 Å². The predicted octanol–water partition coefficient (Wildman–Crippen LogP) is 5.08. The van der Waals surface area contributed by atoms with Gasteiger partial charge < -0.3 is 5.32 Å². The van der Waals surface area contributed by atoms with Crippen LogP contribution in [0.1, 0.15) is 21.5 Å². The van der Waals surface area contributed by atoms with Gasteiger partial charge in [0.1, 0.15) is 0 Å². The Balaban J connectivity index is 2.32. The van der Waals surface area contributed by atoms with Gasteiger partial charge in [-0.1, -0.05) is 28.1 Å². The van der Waals surface area contributed by atoms with Crippen molar-refractivity contribution in [2.75, 3.05) is 5.32 Å². The van der Waals surface area contributed by atoms with Crippen LogP contribution in [0.5, 0.6) is 0 Å². The summed E-state index contributed by atoms with van der Waals surface area (Å²) < 4.78 is 1.81. The SMILES string of the molecule is Cc1cc(Br)cc(C)c1NC(=O)c1ccccc1Br. The van der Waals surface area contributed by atoms with Crippen molar-refractivity contribution in [2.45, 2.75) is 13.8 Å². The van der Waals surface area contributed by atoms with Crippen LogP contribution >= 0.6 is 31.9 Å². The van der Waals surface area contributed by atoms with Crippen LogP contribution in [0.2, 0.25) is 0 Å². The Hall–Kier alpha value is -1.13. The van der Waals surface area contributed by atoms with E-state index in [1.54, 1.807) is 6.07 Å². The van der Waals surface area contributed by atoms with E-state index < -0.39 is 0 Å². The van der Waals surface area contributed by atoms with E-state index in [2.05, 4.69) is 37.2 Å². The zero-order chi connectivity index (χ0) is 14.0. The summed E-state index contributed by atoms with van der Waals surface area (Å²) in [5.74, 6) is -0.110. The highest BCUT2D eigenvalue weighted by atomic mass is 79.9. The molecule has 0 fully saturated rings. The summed E-state index contributed by atoms with van der Waals surface area (Å²) in [5, 5.41) is 2.97. The average Bonchev–Trinajstić information content (AvgIpc) is 2.34. The summed E-state index contributed by atoms with van der Waals surface area (Å²) >= 11 is 6.84. The minimum atomic E-state index is -0.110. The van der Waals surface area contributed by atoms with Crippen LogP contribution in [0, 0.1) is 13.8 Å². The molecule has 0 aliphatic heterocycles. The summed E-state index contributed by atoms with van der Waals surface area (Å²) in [5.41, 5.74) is 3.56. The molecule has 0 aliphatic carbocycles. The van der Waals surface area contributed by atoms with E-state index in [9.17, 15) is 4.79 Å². The molecule has 2 aromatic rings. The minimum Gasteiger partial charge on any atom is -0.321 e. The zero-order valence-electron chi connectivity index (χ0n) is 10.6. The molecule has 0 bridgehead atoms. The topological polar surface area (TPSA) is 29.1 Å². The standard InChI is InChI=1S/C15H13Br2NO/c1-9-7-11(16)8-10(2)14(9)18-15(19)12-5-3-4-6-13(12)17/h3-8H,1-2H3,(H,18,19). The van der Waals surface area contributed by atoms with Crippen molar-refractivity contribution in [1.82, 2.24) is 0 Å². The van der Waals surface area contributed by atoms with Gasteiger partial charge in [0.15, 0.2) is 0 Å². The summed E-state index contributed by atoms with van der Waals surface area (Å²) in [4.78, 5) is 12.3. The van der Waals surface area contributed by atoms with Gasteiger partial charge in [0.2, 0.25) is 0 Å². The summed E-state index contributed by atoms with van der Waals surface area (Å²) in [6.07, 6.45) is 0. The van der Waals surface area contributed by atoms with Gasteiger partial charge in [0.25, 0.3) is 5.91 Å². The largest absolute Gasteiger partial charge is 0.321 e. The van der Waals surface area contributed by atoms with Gasteiger partial charge in [-0.3, -0.25) is 4.79 Å². The summed E-state index contributed by atoms with van der Waals surface area (Å²) in [6.45, 7) is 3.96. The van der Waals surface area contributed by atoms with E-state index in [4.69, 9.17) is 0 Å². The summed E-state index contributed by atoms with van der Waals surface area (Å²) in [7, 11) is 0. The van der Waals surface area contributed by atoms with Crippen LogP contribution in [-0.2, 0) is 0 Å². The molecule has 1 amide bonds. The Morgan fingerprint density at radius 1 is 1.05 bits per heavy atom. The Morgan fingerprint density at radius 2 is 1.63 bits per heavy atom. The molecule has 0 saturated heterocycles. The van der Waals surface area contributed by atoms with E-state index in [-0.39, 0.29) is 5.91 Å². The number of benzene rings is 2. The number of carbonyl (C=O) groups excluding carboxylic acids is 1. The molecular formula is C15H13Br2NO. The lowest BCUT2D eigenvalue weighted by Crippen LogP contribution is -2.14. The third-order valence-corrected chi connectivity index (χ3v) is 4.00. The maximum Gasteiger partial charge on any atom is 0.256 e. The second-order valence-electron chi connectivity index (χ2n) is 4.35. The fraction of sp³-hybridized carbons (Fsp3) is 0.133. The van der Waals surface area contributed by atoms with Crippen molar-refractivity contribution in [3.63, 3.8) is 0 Å². The summed E-state index contributed by atoms with van der Waals surface area (Å²) in [6, 6.07) is 11.4. The van der Waals surface area contributed by atoms with Crippen LogP contribution < -0.4 is 5.32 Å². The fourth-order valence-corrected chi connectivity index (χ4v) is 3.09. The molecule has 0 aliphatic rings. The first-order valence-electron chi connectivity index (χ1n) is 5.81. The van der Waals surface area contributed by atoms with Gasteiger partial charge in [0.05, 0.1) is 5.56 Å². The maximum absolute atomic E-state index is 12.3. The second kappa shape index (κ2) is 5.88. The van der Waals surface area contributed by atoms with Crippen molar-refractivity contribution in [3.8, 4) is 0 Å². The average molecular weight is 383 g/mol. The number of anilines is 1. The van der Waals surface area contributed by atoms with Crippen molar-refractivity contribution < 1.29 is 4.79 Å². The Labute approximate surface area is 129 Å². The number of amides is 1. The quantitative estimate of drug-likeness (QED) is 0.770. The highest BCUT2D eigenvalue weighted by Crippen LogP contribution is 2.26. The first-order valence-corrected chi connectivity index (χ1v) is 7.40. The van der Waals surface area contributed by atoms with Gasteiger partial charge in [-0.15, -0.1) is 0 Å². The number of rotatable bonds is 2. The molecule has 0 heterocycles. The molecule has 1 N–H and O–H groups in total. The Bertz CT molecular complexity index is 615. The van der Waals surface area contributed by atoms with Crippen molar-refractivity contribution in [2.24, 2.45) is 0 Å². The molecule has 98 valence electrons. The smallest absolute Gasteiger partial charge is 0.256 e. The zero-order valence-corrected chi connectivity index (χ0v) is 13.8. The third-order valence-electron chi connectivity index (χ3n) is 2.85. The number of hydrogen-bond acceptors (Lipinski definition) is 1. The number of halogens is 2. The fourth-order valence-electron chi connectivity index (χ4n) is 1.93. The van der Waals surface area contributed by atoms with E-state index in [0.717, 1.165) is 25.8 Å². The van der Waals surface area contributed by atoms with Gasteiger partial charge in [-0.25, -0.2) is 0 Å². The number of carbonyl (C=O) groups is 1. The van der Waals surface area contributed by atoms with Crippen LogP contribution in [0.4, 0.5) is 5.69 Å². The first-order chi connectivity index (χ1) is 8.99. The molecule has 4 heteroatoms. The minimum absolute atomic E-state index is 0.110. The molecule has 2 rings (SSSR count). The van der Waals surface area contributed by atoms with Gasteiger partial charge in [-0.2, -0.15) is 0 Å². The molecular weight excluding hydrogens is 370 g/mol. The molecule has 2 aromatic carbocycles. The highest BCUT2D eigenvalue weighted by Gasteiger charge is 2.12. The van der Waals surface area contributed by atoms with Crippen LogP contribution in [-0.4, -0.2) is 5.91 Å². The van der Waals surface area contributed by atoms with Crippen molar-refractivity contribution in [3.05, 3.63) is 62.0 Å². The molecule has 19 heavy (non-hydrogen) atoms. The van der Waals surface area contributed by atoms with Crippen LogP contribution in [0.3, 0.4) is 0 Å². The third kappa shape index (κ3) is 3.25. The van der Waals surface area contributed by atoms with Gasteiger partial charge in [-0.05, 0) is 65.2 Å². The molecule has 0 atom stereocenters. The molecule has 2 nitrogen and oxygen atoms in total. The maximum atomic E-state index is 12.3. The normalized spacial score (nSPS) is 10.3. The van der Waals surface area contributed by atoms with Crippen LogP contribution in [0.15, 0.2) is 45.3 Å². The number of hydrogen-bond donors (Lipinski definition) is 1. The Kier molecular flexibility index (Phi) is 4.42. The lowest BCUT2D eigenvalue weighted by Gasteiger charge is -2.13. The van der Waals surface area contributed by atoms with E-state index in [1.807, 2.05) is 44.2 Å². The highest BCUT2D eigenvalue weighted by molar-refractivity contribution is 9.10. The van der Waals surface area contributed by atoms with Crippen molar-refractivity contribution in [1.29, 1.82) is 0 Å². The predicted molar refractivity (Wildman–Crippen MR) is 85.7 cm³/mol. The molecule has 0 spiro atoms. The molecule has 0 saturated carbocycles. The number of aryl methyl sites for hydroxylation is 2. The lowest BCUT2D eigenvalue weighted by molar-refractivity contribution is 0.102.